The summed E-state index contributed by atoms with van der Waals surface area (Å²) in [6.07, 6.45) is 4.85. The molecule has 4 heteroatoms. The third-order valence-electron chi connectivity index (χ3n) is 2.24. The van der Waals surface area contributed by atoms with Gasteiger partial charge in [0.25, 0.3) is 0 Å². The van der Waals surface area contributed by atoms with Crippen LogP contribution in [-0.4, -0.2) is 22.1 Å². The van der Waals surface area contributed by atoms with Crippen LogP contribution < -0.4 is 5.32 Å². The van der Waals surface area contributed by atoms with E-state index in [1.807, 2.05) is 6.07 Å². The number of carbonyl (C=O) groups is 1. The second-order valence-corrected chi connectivity index (χ2v) is 3.11. The fourth-order valence-corrected chi connectivity index (χ4v) is 1.52. The third kappa shape index (κ3) is 1.47. The van der Waals surface area contributed by atoms with Gasteiger partial charge in [0.15, 0.2) is 0 Å². The molecule has 1 aromatic rings. The summed E-state index contributed by atoms with van der Waals surface area (Å²) in [5.41, 5.74) is 1.99. The van der Waals surface area contributed by atoms with Crippen LogP contribution in [0, 0.1) is 0 Å². The first-order valence-electron chi connectivity index (χ1n) is 4.19. The molecule has 0 aromatic carbocycles. The Hall–Kier alpha value is -1.58. The number of rotatable bonds is 1. The molecule has 1 aliphatic rings. The van der Waals surface area contributed by atoms with Crippen molar-refractivity contribution in [2.75, 3.05) is 5.32 Å². The summed E-state index contributed by atoms with van der Waals surface area (Å²) >= 11 is 0. The normalized spacial score (nSPS) is 20.2. The number of hydrogen-bond donors (Lipinski definition) is 2. The molecule has 2 heterocycles. The van der Waals surface area contributed by atoms with E-state index in [0.717, 1.165) is 17.7 Å². The highest BCUT2D eigenvalue weighted by molar-refractivity contribution is 5.78. The SMILES string of the molecule is O=C(O)C1CCc2ccncc2N1. The molecule has 0 amide bonds. The van der Waals surface area contributed by atoms with E-state index in [0.29, 0.717) is 6.42 Å². The molecule has 68 valence electrons. The number of hydrogen-bond acceptors (Lipinski definition) is 3. The molecule has 0 saturated carbocycles. The minimum absolute atomic E-state index is 0.461. The molecule has 0 spiro atoms. The van der Waals surface area contributed by atoms with Crippen molar-refractivity contribution >= 4 is 11.7 Å². The summed E-state index contributed by atoms with van der Waals surface area (Å²) in [6.45, 7) is 0. The predicted molar refractivity (Wildman–Crippen MR) is 47.6 cm³/mol. The maximum Gasteiger partial charge on any atom is 0.326 e. The Kier molecular flexibility index (Phi) is 1.88. The van der Waals surface area contributed by atoms with Crippen molar-refractivity contribution in [2.45, 2.75) is 18.9 Å². The monoisotopic (exact) mass is 178 g/mol. The molecular formula is C9H10N2O2. The van der Waals surface area contributed by atoms with Crippen molar-refractivity contribution in [3.8, 4) is 0 Å². The van der Waals surface area contributed by atoms with Gasteiger partial charge in [-0.15, -0.1) is 0 Å². The number of fused-ring (bicyclic) bond motifs is 1. The highest BCUT2D eigenvalue weighted by Gasteiger charge is 2.22. The lowest BCUT2D eigenvalue weighted by Gasteiger charge is -2.23. The van der Waals surface area contributed by atoms with Gasteiger partial charge in [-0.2, -0.15) is 0 Å². The van der Waals surface area contributed by atoms with Crippen LogP contribution in [0.4, 0.5) is 5.69 Å². The van der Waals surface area contributed by atoms with Gasteiger partial charge < -0.3 is 10.4 Å². The molecule has 1 aromatic heterocycles. The lowest BCUT2D eigenvalue weighted by molar-refractivity contribution is -0.138. The van der Waals surface area contributed by atoms with Crippen LogP contribution in [0.5, 0.6) is 0 Å². The van der Waals surface area contributed by atoms with Gasteiger partial charge in [0, 0.05) is 6.20 Å². The molecule has 0 radical (unpaired) electrons. The van der Waals surface area contributed by atoms with Gasteiger partial charge in [0.2, 0.25) is 0 Å². The second-order valence-electron chi connectivity index (χ2n) is 3.11. The molecule has 1 aliphatic heterocycles. The van der Waals surface area contributed by atoms with Gasteiger partial charge >= 0.3 is 5.97 Å². The summed E-state index contributed by atoms with van der Waals surface area (Å²) in [6, 6.07) is 1.46. The predicted octanol–water partition coefficient (Wildman–Crippen LogP) is 0.893. The van der Waals surface area contributed by atoms with E-state index in [1.54, 1.807) is 12.4 Å². The molecule has 2 rings (SSSR count). The summed E-state index contributed by atoms with van der Waals surface area (Å²) in [4.78, 5) is 14.6. The Labute approximate surface area is 75.6 Å². The van der Waals surface area contributed by atoms with Gasteiger partial charge in [0.05, 0.1) is 11.9 Å². The molecule has 0 bridgehead atoms. The molecule has 2 N–H and O–H groups in total. The second kappa shape index (κ2) is 3.05. The van der Waals surface area contributed by atoms with Gasteiger partial charge in [-0.1, -0.05) is 0 Å². The number of aliphatic carboxylic acids is 1. The Balaban J connectivity index is 2.24. The Bertz CT molecular complexity index is 338. The topological polar surface area (TPSA) is 62.2 Å². The lowest BCUT2D eigenvalue weighted by Crippen LogP contribution is -2.33. The van der Waals surface area contributed by atoms with E-state index in [4.69, 9.17) is 5.11 Å². The third-order valence-corrected chi connectivity index (χ3v) is 2.24. The van der Waals surface area contributed by atoms with Gasteiger partial charge in [-0.05, 0) is 24.5 Å². The molecule has 0 saturated heterocycles. The molecule has 0 aliphatic carbocycles. The number of pyridine rings is 1. The van der Waals surface area contributed by atoms with Crippen molar-refractivity contribution in [2.24, 2.45) is 0 Å². The highest BCUT2D eigenvalue weighted by atomic mass is 16.4. The van der Waals surface area contributed by atoms with Crippen LogP contribution in [0.2, 0.25) is 0 Å². The van der Waals surface area contributed by atoms with Gasteiger partial charge in [-0.25, -0.2) is 4.79 Å². The van der Waals surface area contributed by atoms with Crippen LogP contribution >= 0.6 is 0 Å². The van der Waals surface area contributed by atoms with Crippen molar-refractivity contribution in [3.63, 3.8) is 0 Å². The standard InChI is InChI=1S/C9H10N2O2/c12-9(13)7-2-1-6-3-4-10-5-8(6)11-7/h3-5,7,11H,1-2H2,(H,12,13). The Morgan fingerprint density at radius 2 is 2.54 bits per heavy atom. The summed E-state index contributed by atoms with van der Waals surface area (Å²) in [7, 11) is 0. The van der Waals surface area contributed by atoms with Gasteiger partial charge in [-0.3, -0.25) is 4.98 Å². The van der Waals surface area contributed by atoms with Crippen LogP contribution in [0.15, 0.2) is 18.5 Å². The minimum atomic E-state index is -0.797. The molecule has 0 fully saturated rings. The average molecular weight is 178 g/mol. The first-order chi connectivity index (χ1) is 6.27. The number of nitrogens with one attached hydrogen (secondary N) is 1. The zero-order chi connectivity index (χ0) is 9.26. The number of aromatic nitrogens is 1. The number of nitrogens with zero attached hydrogens (tertiary/aromatic N) is 1. The van der Waals surface area contributed by atoms with E-state index in [-0.39, 0.29) is 0 Å². The molecule has 1 atom stereocenters. The Morgan fingerprint density at radius 1 is 1.69 bits per heavy atom. The molecule has 13 heavy (non-hydrogen) atoms. The highest BCUT2D eigenvalue weighted by Crippen LogP contribution is 2.22. The number of carboxylic acids is 1. The molecule has 1 unspecified atom stereocenters. The van der Waals surface area contributed by atoms with Crippen LogP contribution in [0.25, 0.3) is 0 Å². The first kappa shape index (κ1) is 8.04. The maximum atomic E-state index is 10.7. The van der Waals surface area contributed by atoms with Crippen molar-refractivity contribution in [3.05, 3.63) is 24.0 Å². The summed E-state index contributed by atoms with van der Waals surface area (Å²) in [5.74, 6) is -0.797. The van der Waals surface area contributed by atoms with Crippen molar-refractivity contribution < 1.29 is 9.90 Å². The first-order valence-corrected chi connectivity index (χ1v) is 4.19. The number of carboxylic acid groups (broad SMARTS) is 1. The van der Waals surface area contributed by atoms with Crippen LogP contribution in [-0.2, 0) is 11.2 Å². The smallest absolute Gasteiger partial charge is 0.326 e. The lowest BCUT2D eigenvalue weighted by atomic mass is 10.00. The fraction of sp³-hybridized carbons (Fsp3) is 0.333. The van der Waals surface area contributed by atoms with E-state index in [1.165, 1.54) is 0 Å². The van der Waals surface area contributed by atoms with E-state index < -0.39 is 12.0 Å². The fourth-order valence-electron chi connectivity index (χ4n) is 1.52. The maximum absolute atomic E-state index is 10.7. The minimum Gasteiger partial charge on any atom is -0.480 e. The molecular weight excluding hydrogens is 168 g/mol. The number of anilines is 1. The zero-order valence-electron chi connectivity index (χ0n) is 7.03. The summed E-state index contributed by atoms with van der Waals surface area (Å²) < 4.78 is 0. The van der Waals surface area contributed by atoms with Crippen LogP contribution in [0.3, 0.4) is 0 Å². The summed E-state index contributed by atoms with van der Waals surface area (Å²) in [5, 5.41) is 11.7. The largest absolute Gasteiger partial charge is 0.480 e. The zero-order valence-corrected chi connectivity index (χ0v) is 7.03. The van der Waals surface area contributed by atoms with E-state index in [2.05, 4.69) is 10.3 Å². The average Bonchev–Trinajstić information content (AvgIpc) is 2.17. The van der Waals surface area contributed by atoms with Gasteiger partial charge in [0.1, 0.15) is 6.04 Å². The molecule has 4 nitrogen and oxygen atoms in total. The number of aryl methyl sites for hydroxylation is 1. The van der Waals surface area contributed by atoms with E-state index >= 15 is 0 Å². The Morgan fingerprint density at radius 3 is 3.31 bits per heavy atom. The quantitative estimate of drug-likeness (QED) is 0.670. The van der Waals surface area contributed by atoms with Crippen molar-refractivity contribution in [1.82, 2.24) is 4.98 Å². The van der Waals surface area contributed by atoms with Crippen LogP contribution in [0.1, 0.15) is 12.0 Å². The van der Waals surface area contributed by atoms with Crippen molar-refractivity contribution in [1.29, 1.82) is 0 Å². The van der Waals surface area contributed by atoms with E-state index in [9.17, 15) is 4.79 Å².